The van der Waals surface area contributed by atoms with Crippen LogP contribution in [0.1, 0.15) is 12.0 Å². The molecule has 10 heteroatoms. The van der Waals surface area contributed by atoms with Crippen molar-refractivity contribution in [3.05, 3.63) is 63.3 Å². The Kier molecular flexibility index (Phi) is 5.87. The smallest absolute Gasteiger partial charge is 0.416 e. The zero-order valence-electron chi connectivity index (χ0n) is 16.7. The summed E-state index contributed by atoms with van der Waals surface area (Å²) in [6, 6.07) is 8.13. The number of ether oxygens (including phenoxy) is 2. The predicted octanol–water partition coefficient (Wildman–Crippen LogP) is 4.41. The minimum Gasteiger partial charge on any atom is -0.488 e. The van der Waals surface area contributed by atoms with Crippen molar-refractivity contribution in [1.82, 2.24) is 5.32 Å². The number of para-hydroxylation sites is 1. The zero-order chi connectivity index (χ0) is 23.0. The monoisotopic (exact) mass is 467 g/mol. The molecule has 0 spiro atoms. The van der Waals surface area contributed by atoms with Gasteiger partial charge in [0.2, 0.25) is 0 Å². The summed E-state index contributed by atoms with van der Waals surface area (Å²) in [4.78, 5) is 24.3. The Morgan fingerprint density at radius 1 is 1.22 bits per heavy atom. The Hall–Kier alpha value is -3.04. The average molecular weight is 468 g/mol. The molecule has 1 aromatic heterocycles. The van der Waals surface area contributed by atoms with E-state index in [1.165, 1.54) is 31.4 Å². The average Bonchev–Trinajstić information content (AvgIpc) is 3.21. The Bertz CT molecular complexity index is 1240. The fourth-order valence-corrected chi connectivity index (χ4v) is 3.78. The van der Waals surface area contributed by atoms with Crippen LogP contribution < -0.4 is 15.5 Å². The van der Waals surface area contributed by atoms with Gasteiger partial charge in [-0.2, -0.15) is 13.2 Å². The molecule has 2 heterocycles. The number of rotatable bonds is 4. The molecule has 2 aromatic carbocycles. The minimum absolute atomic E-state index is 0.00907. The van der Waals surface area contributed by atoms with Crippen LogP contribution in [0.3, 0.4) is 0 Å². The topological polar surface area (TPSA) is 77.8 Å². The zero-order valence-corrected chi connectivity index (χ0v) is 17.4. The van der Waals surface area contributed by atoms with Gasteiger partial charge < -0.3 is 19.2 Å². The number of alkyl halides is 3. The van der Waals surface area contributed by atoms with Crippen molar-refractivity contribution in [3.8, 4) is 17.1 Å². The molecular formula is C22H17ClF3NO5. The number of fused-ring (bicyclic) bond motifs is 1. The second-order valence-electron chi connectivity index (χ2n) is 7.26. The highest BCUT2D eigenvalue weighted by atomic mass is 35.5. The quantitative estimate of drug-likeness (QED) is 0.573. The fraction of sp³-hybridized carbons (Fsp3) is 0.273. The van der Waals surface area contributed by atoms with Crippen LogP contribution in [0.5, 0.6) is 5.75 Å². The van der Waals surface area contributed by atoms with E-state index < -0.39 is 35.3 Å². The molecule has 6 nitrogen and oxygen atoms in total. The van der Waals surface area contributed by atoms with Crippen LogP contribution in [0.15, 0.2) is 51.7 Å². The van der Waals surface area contributed by atoms with Crippen LogP contribution in [-0.2, 0) is 15.7 Å². The Balaban J connectivity index is 1.77. The van der Waals surface area contributed by atoms with Crippen LogP contribution in [0.2, 0.25) is 5.02 Å². The molecular weight excluding hydrogens is 451 g/mol. The van der Waals surface area contributed by atoms with E-state index in [9.17, 15) is 22.8 Å². The third-order valence-electron chi connectivity index (χ3n) is 5.15. The van der Waals surface area contributed by atoms with Crippen LogP contribution in [0.25, 0.3) is 22.3 Å². The predicted molar refractivity (Wildman–Crippen MR) is 111 cm³/mol. The van der Waals surface area contributed by atoms with Crippen LogP contribution in [-0.4, -0.2) is 31.8 Å². The van der Waals surface area contributed by atoms with Gasteiger partial charge in [0.05, 0.1) is 28.6 Å². The van der Waals surface area contributed by atoms with Gasteiger partial charge in [-0.3, -0.25) is 9.59 Å². The summed E-state index contributed by atoms with van der Waals surface area (Å²) in [6.07, 6.45) is -5.00. The van der Waals surface area contributed by atoms with Gasteiger partial charge in [0.15, 0.2) is 11.0 Å². The maximum Gasteiger partial charge on any atom is 0.416 e. The van der Waals surface area contributed by atoms with Crippen molar-refractivity contribution in [2.45, 2.75) is 24.7 Å². The fourth-order valence-electron chi connectivity index (χ4n) is 3.57. The largest absolute Gasteiger partial charge is 0.488 e. The van der Waals surface area contributed by atoms with E-state index in [2.05, 4.69) is 10.1 Å². The summed E-state index contributed by atoms with van der Waals surface area (Å²) in [5, 5.41) is 3.35. The van der Waals surface area contributed by atoms with Crippen molar-refractivity contribution < 1.29 is 31.9 Å². The van der Waals surface area contributed by atoms with E-state index in [4.69, 9.17) is 20.8 Å². The highest BCUT2D eigenvalue weighted by molar-refractivity contribution is 6.34. The summed E-state index contributed by atoms with van der Waals surface area (Å²) < 4.78 is 56.3. The molecule has 168 valence electrons. The summed E-state index contributed by atoms with van der Waals surface area (Å²) in [7, 11) is 1.25. The Labute approximate surface area is 184 Å². The van der Waals surface area contributed by atoms with Gasteiger partial charge in [-0.05, 0) is 30.3 Å². The van der Waals surface area contributed by atoms with E-state index in [-0.39, 0.29) is 46.0 Å². The molecule has 4 rings (SSSR count). The van der Waals surface area contributed by atoms with E-state index in [1.807, 2.05) is 0 Å². The van der Waals surface area contributed by atoms with Gasteiger partial charge in [0.1, 0.15) is 23.7 Å². The number of carbonyl (C=O) groups excluding carboxylic acids is 1. The van der Waals surface area contributed by atoms with Gasteiger partial charge in [0.25, 0.3) is 0 Å². The highest BCUT2D eigenvalue weighted by Crippen LogP contribution is 2.39. The second kappa shape index (κ2) is 8.48. The summed E-state index contributed by atoms with van der Waals surface area (Å²) in [5.41, 5.74) is -1.05. The lowest BCUT2D eigenvalue weighted by Gasteiger charge is -2.18. The molecule has 32 heavy (non-hydrogen) atoms. The molecule has 1 saturated heterocycles. The molecule has 0 unspecified atom stereocenters. The molecule has 1 aliphatic heterocycles. The van der Waals surface area contributed by atoms with Gasteiger partial charge in [-0.1, -0.05) is 17.7 Å². The van der Waals surface area contributed by atoms with E-state index in [0.29, 0.717) is 0 Å². The first-order valence-electron chi connectivity index (χ1n) is 9.59. The molecule has 0 aliphatic carbocycles. The lowest BCUT2D eigenvalue weighted by atomic mass is 10.1. The molecule has 1 aliphatic rings. The summed E-state index contributed by atoms with van der Waals surface area (Å²) >= 11 is 6.15. The van der Waals surface area contributed by atoms with Gasteiger partial charge >= 0.3 is 12.1 Å². The summed E-state index contributed by atoms with van der Waals surface area (Å²) in [5.74, 6) is -0.614. The van der Waals surface area contributed by atoms with Gasteiger partial charge in [-0.15, -0.1) is 0 Å². The highest BCUT2D eigenvalue weighted by Gasteiger charge is 2.34. The van der Waals surface area contributed by atoms with Crippen molar-refractivity contribution >= 4 is 28.5 Å². The standard InChI is InChI=1S/C22H17ClF3NO5/c1-30-21(29)16-8-12(10-27-16)31-18-7-11(22(24,25)26)5-6-14(18)19-9-17(28)13-3-2-4-15(23)20(13)32-19/h2-7,9,12,16,27H,8,10H2,1H3/t12-,16+/m1/s1. The number of hydrogen-bond donors (Lipinski definition) is 1. The number of hydrogen-bond acceptors (Lipinski definition) is 6. The Morgan fingerprint density at radius 2 is 2.00 bits per heavy atom. The minimum atomic E-state index is -4.60. The number of methoxy groups -OCH3 is 1. The first-order chi connectivity index (χ1) is 15.2. The first kappa shape index (κ1) is 22.2. The van der Waals surface area contributed by atoms with Crippen molar-refractivity contribution in [1.29, 1.82) is 0 Å². The van der Waals surface area contributed by atoms with E-state index in [1.54, 1.807) is 6.07 Å². The van der Waals surface area contributed by atoms with Gasteiger partial charge in [-0.25, -0.2) is 0 Å². The molecule has 0 amide bonds. The maximum absolute atomic E-state index is 13.3. The van der Waals surface area contributed by atoms with Crippen molar-refractivity contribution in [2.75, 3.05) is 13.7 Å². The molecule has 2 atom stereocenters. The van der Waals surface area contributed by atoms with Crippen LogP contribution in [0.4, 0.5) is 13.2 Å². The van der Waals surface area contributed by atoms with Crippen molar-refractivity contribution in [2.24, 2.45) is 0 Å². The molecule has 0 saturated carbocycles. The summed E-state index contributed by atoms with van der Waals surface area (Å²) in [6.45, 7) is 0.225. The van der Waals surface area contributed by atoms with E-state index in [0.717, 1.165) is 12.1 Å². The number of carbonyl (C=O) groups is 1. The van der Waals surface area contributed by atoms with Crippen LogP contribution >= 0.6 is 11.6 Å². The maximum atomic E-state index is 13.3. The molecule has 1 N–H and O–H groups in total. The molecule has 1 fully saturated rings. The third-order valence-corrected chi connectivity index (χ3v) is 5.45. The van der Waals surface area contributed by atoms with E-state index >= 15 is 0 Å². The first-order valence-corrected chi connectivity index (χ1v) is 9.97. The Morgan fingerprint density at radius 3 is 2.72 bits per heavy atom. The number of nitrogens with one attached hydrogen (secondary N) is 1. The SMILES string of the molecule is COC(=O)[C@@H]1C[C@@H](Oc2cc(C(F)(F)F)ccc2-c2cc(=O)c3cccc(Cl)c3o2)CN1. The molecule has 0 radical (unpaired) electrons. The van der Waals surface area contributed by atoms with Gasteiger partial charge in [0, 0.05) is 19.0 Å². The lowest BCUT2D eigenvalue weighted by molar-refractivity contribution is -0.142. The molecule has 0 bridgehead atoms. The number of esters is 1. The second-order valence-corrected chi connectivity index (χ2v) is 7.67. The number of halogens is 4. The third kappa shape index (κ3) is 4.31. The lowest BCUT2D eigenvalue weighted by Crippen LogP contribution is -2.31. The van der Waals surface area contributed by atoms with Crippen LogP contribution in [0, 0.1) is 0 Å². The van der Waals surface area contributed by atoms with Crippen molar-refractivity contribution in [3.63, 3.8) is 0 Å². The molecule has 3 aromatic rings. The number of benzene rings is 2. The normalized spacial score (nSPS) is 18.7.